The minimum atomic E-state index is -0.319. The molecule has 0 amide bonds. The van der Waals surface area contributed by atoms with Gasteiger partial charge in [0.15, 0.2) is 5.22 Å². The van der Waals surface area contributed by atoms with Crippen LogP contribution in [0, 0.1) is 0 Å². The fourth-order valence-electron chi connectivity index (χ4n) is 1.84. The zero-order chi connectivity index (χ0) is 13.8. The van der Waals surface area contributed by atoms with Gasteiger partial charge >= 0.3 is 0 Å². The molecule has 104 valence electrons. The third-order valence-corrected chi connectivity index (χ3v) is 3.66. The van der Waals surface area contributed by atoms with Gasteiger partial charge in [0.1, 0.15) is 0 Å². The molecule has 1 atom stereocenters. The van der Waals surface area contributed by atoms with Gasteiger partial charge in [-0.3, -0.25) is 10.5 Å². The van der Waals surface area contributed by atoms with Crippen LogP contribution in [0.3, 0.4) is 0 Å². The highest BCUT2D eigenvalue weighted by Crippen LogP contribution is 2.32. The Morgan fingerprint density at radius 2 is 2.47 bits per heavy atom. The maximum atomic E-state index is 6.01. The fraction of sp³-hybridized carbons (Fsp3) is 0.364. The molecule has 8 heteroatoms. The van der Waals surface area contributed by atoms with E-state index in [1.165, 1.54) is 6.26 Å². The molecule has 0 saturated heterocycles. The van der Waals surface area contributed by atoms with E-state index < -0.39 is 0 Å². The number of nitrogens with zero attached hydrogens (tertiary/aromatic N) is 2. The first kappa shape index (κ1) is 14.5. The van der Waals surface area contributed by atoms with Crippen LogP contribution in [0.5, 0.6) is 0 Å². The van der Waals surface area contributed by atoms with Gasteiger partial charge in [-0.05, 0) is 33.6 Å². The molecule has 6 nitrogen and oxygen atoms in total. The average molecular weight is 350 g/mol. The van der Waals surface area contributed by atoms with Gasteiger partial charge in [-0.1, -0.05) is 0 Å². The van der Waals surface area contributed by atoms with Crippen molar-refractivity contribution in [2.45, 2.75) is 12.6 Å². The number of rotatable bonds is 6. The number of nitrogens with two attached hydrogens (primary N) is 1. The van der Waals surface area contributed by atoms with Crippen LogP contribution in [0.2, 0.25) is 5.22 Å². The Bertz CT molecular complexity index is 543. The highest BCUT2D eigenvalue weighted by Gasteiger charge is 2.24. The Labute approximate surface area is 123 Å². The molecule has 0 aliphatic heterocycles. The van der Waals surface area contributed by atoms with E-state index in [4.69, 9.17) is 26.6 Å². The van der Waals surface area contributed by atoms with E-state index in [1.54, 1.807) is 24.1 Å². The summed E-state index contributed by atoms with van der Waals surface area (Å²) in [7, 11) is 1.64. The van der Waals surface area contributed by atoms with Crippen LogP contribution in [0.1, 0.15) is 17.3 Å². The van der Waals surface area contributed by atoms with Gasteiger partial charge in [-0.2, -0.15) is 5.10 Å². The number of hydrazine groups is 1. The summed E-state index contributed by atoms with van der Waals surface area (Å²) in [6.07, 6.45) is 3.23. The summed E-state index contributed by atoms with van der Waals surface area (Å²) in [4.78, 5) is 0. The van der Waals surface area contributed by atoms with Crippen LogP contribution in [0.15, 0.2) is 27.4 Å². The highest BCUT2D eigenvalue weighted by atomic mass is 79.9. The summed E-state index contributed by atoms with van der Waals surface area (Å²) in [6, 6.07) is 1.45. The van der Waals surface area contributed by atoms with Crippen LogP contribution in [-0.4, -0.2) is 23.5 Å². The summed E-state index contributed by atoms with van der Waals surface area (Å²) < 4.78 is 12.8. The molecule has 2 aromatic rings. The number of furan rings is 1. The standard InChI is InChI=1S/C11H14BrClN4O2/c1-18-5-3-17-10(8(12)6-15-17)9(16-14)7-2-4-19-11(7)13/h2,4,6,9,16H,3,5,14H2,1H3. The topological polar surface area (TPSA) is 78.2 Å². The Kier molecular flexibility index (Phi) is 5.00. The second kappa shape index (κ2) is 6.53. The van der Waals surface area contributed by atoms with Gasteiger partial charge in [-0.15, -0.1) is 0 Å². The SMILES string of the molecule is COCCn1ncc(Br)c1C(NN)c1ccoc1Cl. The zero-order valence-electron chi connectivity index (χ0n) is 10.3. The molecular weight excluding hydrogens is 336 g/mol. The van der Waals surface area contributed by atoms with Crippen LogP contribution in [-0.2, 0) is 11.3 Å². The second-order valence-electron chi connectivity index (χ2n) is 3.84. The molecule has 0 radical (unpaired) electrons. The maximum Gasteiger partial charge on any atom is 0.198 e. The smallest absolute Gasteiger partial charge is 0.198 e. The lowest BCUT2D eigenvalue weighted by Crippen LogP contribution is -2.31. The minimum absolute atomic E-state index is 0.300. The van der Waals surface area contributed by atoms with Crippen molar-refractivity contribution in [3.05, 3.63) is 39.5 Å². The van der Waals surface area contributed by atoms with E-state index in [9.17, 15) is 0 Å². The van der Waals surface area contributed by atoms with Crippen molar-refractivity contribution in [2.75, 3.05) is 13.7 Å². The number of aromatic nitrogens is 2. The van der Waals surface area contributed by atoms with Crippen molar-refractivity contribution >= 4 is 27.5 Å². The predicted octanol–water partition coefficient (Wildman–Crippen LogP) is 2.09. The van der Waals surface area contributed by atoms with Crippen LogP contribution in [0.25, 0.3) is 0 Å². The largest absolute Gasteiger partial charge is 0.453 e. The number of ether oxygens (including phenoxy) is 1. The van der Waals surface area contributed by atoms with Crippen LogP contribution >= 0.6 is 27.5 Å². The minimum Gasteiger partial charge on any atom is -0.453 e. The van der Waals surface area contributed by atoms with Crippen LogP contribution < -0.4 is 11.3 Å². The first-order valence-corrected chi connectivity index (χ1v) is 6.75. The first-order valence-electron chi connectivity index (χ1n) is 5.58. The molecule has 3 N–H and O–H groups in total. The number of nitrogens with one attached hydrogen (secondary N) is 1. The number of hydrogen-bond acceptors (Lipinski definition) is 5. The quantitative estimate of drug-likeness (QED) is 0.617. The number of halogens is 2. The molecule has 0 aromatic carbocycles. The Balaban J connectivity index is 2.38. The summed E-state index contributed by atoms with van der Waals surface area (Å²) in [5.41, 5.74) is 4.35. The average Bonchev–Trinajstić information content (AvgIpc) is 2.97. The van der Waals surface area contributed by atoms with Gasteiger partial charge in [-0.25, -0.2) is 5.43 Å². The van der Waals surface area contributed by atoms with Crippen molar-refractivity contribution in [2.24, 2.45) is 5.84 Å². The molecule has 0 bridgehead atoms. The van der Waals surface area contributed by atoms with E-state index in [0.717, 1.165) is 15.7 Å². The summed E-state index contributed by atoms with van der Waals surface area (Å²) in [5.74, 6) is 5.65. The third kappa shape index (κ3) is 3.01. The zero-order valence-corrected chi connectivity index (χ0v) is 12.6. The molecular formula is C11H14BrClN4O2. The van der Waals surface area contributed by atoms with Crippen molar-refractivity contribution in [3.8, 4) is 0 Å². The molecule has 2 rings (SSSR count). The lowest BCUT2D eigenvalue weighted by atomic mass is 10.1. The normalized spacial score (nSPS) is 12.8. The summed E-state index contributed by atoms with van der Waals surface area (Å²) >= 11 is 9.47. The molecule has 0 spiro atoms. The monoisotopic (exact) mass is 348 g/mol. The molecule has 1 unspecified atom stereocenters. The fourth-order valence-corrected chi connectivity index (χ4v) is 2.59. The summed E-state index contributed by atoms with van der Waals surface area (Å²) in [6.45, 7) is 1.17. The number of methoxy groups -OCH3 is 1. The van der Waals surface area contributed by atoms with E-state index >= 15 is 0 Å². The van der Waals surface area contributed by atoms with Gasteiger partial charge in [0.2, 0.25) is 0 Å². The van der Waals surface area contributed by atoms with Crippen molar-refractivity contribution in [1.82, 2.24) is 15.2 Å². The van der Waals surface area contributed by atoms with Gasteiger partial charge in [0.05, 0.1) is 41.8 Å². The van der Waals surface area contributed by atoms with Crippen molar-refractivity contribution in [1.29, 1.82) is 0 Å². The van der Waals surface area contributed by atoms with E-state index in [0.29, 0.717) is 18.4 Å². The van der Waals surface area contributed by atoms with Gasteiger partial charge < -0.3 is 9.15 Å². The molecule has 0 aliphatic carbocycles. The summed E-state index contributed by atoms with van der Waals surface area (Å²) in [5, 5.41) is 4.58. The molecule has 19 heavy (non-hydrogen) atoms. The molecule has 0 fully saturated rings. The maximum absolute atomic E-state index is 6.01. The van der Waals surface area contributed by atoms with E-state index in [-0.39, 0.29) is 6.04 Å². The highest BCUT2D eigenvalue weighted by molar-refractivity contribution is 9.10. The van der Waals surface area contributed by atoms with E-state index in [1.807, 2.05) is 0 Å². The van der Waals surface area contributed by atoms with Crippen LogP contribution in [0.4, 0.5) is 0 Å². The molecule has 2 heterocycles. The Morgan fingerprint density at radius 1 is 1.68 bits per heavy atom. The van der Waals surface area contributed by atoms with Crippen molar-refractivity contribution in [3.63, 3.8) is 0 Å². The first-order chi connectivity index (χ1) is 9.19. The Hall–Kier alpha value is -0.860. The third-order valence-electron chi connectivity index (χ3n) is 2.74. The van der Waals surface area contributed by atoms with Crippen molar-refractivity contribution < 1.29 is 9.15 Å². The van der Waals surface area contributed by atoms with E-state index in [2.05, 4.69) is 26.5 Å². The van der Waals surface area contributed by atoms with Gasteiger partial charge in [0, 0.05) is 12.7 Å². The molecule has 2 aromatic heterocycles. The molecule has 0 aliphatic rings. The number of hydrogen-bond donors (Lipinski definition) is 2. The lowest BCUT2D eigenvalue weighted by Gasteiger charge is -2.17. The second-order valence-corrected chi connectivity index (χ2v) is 5.04. The Morgan fingerprint density at radius 3 is 3.05 bits per heavy atom. The van der Waals surface area contributed by atoms with Gasteiger partial charge in [0.25, 0.3) is 0 Å². The molecule has 0 saturated carbocycles. The predicted molar refractivity (Wildman–Crippen MR) is 74.7 cm³/mol. The lowest BCUT2D eigenvalue weighted by molar-refractivity contribution is 0.182.